The number of esters is 3. The van der Waals surface area contributed by atoms with Gasteiger partial charge in [0.2, 0.25) is 0 Å². The summed E-state index contributed by atoms with van der Waals surface area (Å²) in [5.41, 5.74) is 0. The number of allylic oxidation sites excluding steroid dienone is 6. The van der Waals surface area contributed by atoms with E-state index < -0.39 is 6.10 Å². The Kier molecular flexibility index (Phi) is 55.9. The first kappa shape index (κ1) is 64.3. The largest absolute Gasteiger partial charge is 0.462 e. The van der Waals surface area contributed by atoms with E-state index in [0.717, 1.165) is 77.0 Å². The van der Waals surface area contributed by atoms with E-state index >= 15 is 0 Å². The fourth-order valence-electron chi connectivity index (χ4n) is 7.90. The van der Waals surface area contributed by atoms with E-state index in [9.17, 15) is 14.4 Å². The molecule has 0 N–H and O–H groups in total. The molecular formula is C57H104O6Zn. The minimum atomic E-state index is -0.781. The van der Waals surface area contributed by atoms with Crippen molar-refractivity contribution >= 4 is 17.9 Å². The molecule has 0 aromatic heterocycles. The van der Waals surface area contributed by atoms with Gasteiger partial charge in [-0.15, -0.1) is 0 Å². The molecule has 0 fully saturated rings. The maximum Gasteiger partial charge on any atom is 0.306 e. The Morgan fingerprint density at radius 2 is 0.531 bits per heavy atom. The van der Waals surface area contributed by atoms with Crippen LogP contribution in [0.2, 0.25) is 0 Å². The third kappa shape index (κ3) is 52.9. The van der Waals surface area contributed by atoms with Gasteiger partial charge in [0.1, 0.15) is 13.2 Å². The predicted octanol–water partition coefficient (Wildman–Crippen LogP) is 18.1. The standard InChI is InChI=1S/C57H104O6.Zn/c1-4-7-10-13-16-19-22-25-28-31-34-37-40-43-46-49-55(58)61-52-54(63-57(60)51-48-45-42-39-36-33-30-27-24-21-18-15-12-9-6-3)53-62-56(59)50-47-44-41-38-35-32-29-26-23-20-17-14-11-8-5-2;/h25-30,54H,4-24,31-53H2,1-3H3;/b28-25+,29-26+,30-27+;. The molecule has 0 aromatic rings. The molecule has 0 heterocycles. The molecule has 0 saturated heterocycles. The fourth-order valence-corrected chi connectivity index (χ4v) is 7.90. The van der Waals surface area contributed by atoms with Crippen molar-refractivity contribution in [3.8, 4) is 0 Å². The summed E-state index contributed by atoms with van der Waals surface area (Å²) >= 11 is 0. The Morgan fingerprint density at radius 1 is 0.312 bits per heavy atom. The van der Waals surface area contributed by atoms with Crippen LogP contribution in [-0.4, -0.2) is 37.2 Å². The van der Waals surface area contributed by atoms with Gasteiger partial charge >= 0.3 is 17.9 Å². The maximum absolute atomic E-state index is 12.8. The molecule has 0 aliphatic carbocycles. The molecule has 370 valence electrons. The third-order valence-electron chi connectivity index (χ3n) is 12.1. The summed E-state index contributed by atoms with van der Waals surface area (Å²) in [6, 6.07) is 0. The summed E-state index contributed by atoms with van der Waals surface area (Å²) in [5, 5.41) is 0. The summed E-state index contributed by atoms with van der Waals surface area (Å²) in [4.78, 5) is 38.0. The normalized spacial score (nSPS) is 11.6. The molecule has 0 aliphatic rings. The maximum atomic E-state index is 12.8. The van der Waals surface area contributed by atoms with Crippen LogP contribution in [0.25, 0.3) is 0 Å². The van der Waals surface area contributed by atoms with Gasteiger partial charge in [-0.25, -0.2) is 0 Å². The molecule has 0 saturated carbocycles. The van der Waals surface area contributed by atoms with Crippen LogP contribution in [0, 0.1) is 0 Å². The average Bonchev–Trinajstić information content (AvgIpc) is 3.28. The van der Waals surface area contributed by atoms with E-state index in [1.807, 2.05) is 0 Å². The molecular weight excluding hydrogens is 846 g/mol. The van der Waals surface area contributed by atoms with Crippen LogP contribution in [0.1, 0.15) is 290 Å². The number of carbonyl (C=O) groups is 3. The Hall–Kier alpha value is -1.75. The molecule has 0 amide bonds. The zero-order valence-electron chi connectivity index (χ0n) is 42.8. The molecule has 6 nitrogen and oxygen atoms in total. The van der Waals surface area contributed by atoms with Crippen molar-refractivity contribution in [1.29, 1.82) is 0 Å². The predicted molar refractivity (Wildman–Crippen MR) is 270 cm³/mol. The molecule has 0 spiro atoms. The monoisotopic (exact) mass is 949 g/mol. The van der Waals surface area contributed by atoms with E-state index in [2.05, 4.69) is 57.2 Å². The minimum Gasteiger partial charge on any atom is -0.462 e. The molecule has 0 aromatic carbocycles. The van der Waals surface area contributed by atoms with Crippen LogP contribution in [0.4, 0.5) is 0 Å². The van der Waals surface area contributed by atoms with Crippen LogP contribution < -0.4 is 0 Å². The van der Waals surface area contributed by atoms with E-state index in [4.69, 9.17) is 14.2 Å². The van der Waals surface area contributed by atoms with Gasteiger partial charge in [0.15, 0.2) is 6.10 Å². The summed E-state index contributed by atoms with van der Waals surface area (Å²) in [6.45, 7) is 6.63. The molecule has 7 heteroatoms. The SMILES string of the molecule is CCCCCCCC/C=C/CCCCCCCC(=O)OCC(COC(=O)CCCCCCC/C=C/CCCCCCCC)OC(=O)CCCCCCC/C=C/CCCCCCCC.[Zn]. The van der Waals surface area contributed by atoms with Gasteiger partial charge in [0.25, 0.3) is 0 Å². The van der Waals surface area contributed by atoms with Crippen molar-refractivity contribution in [1.82, 2.24) is 0 Å². The smallest absolute Gasteiger partial charge is 0.306 e. The number of carbonyl (C=O) groups excluding carboxylic acids is 3. The first-order chi connectivity index (χ1) is 31.0. The second kappa shape index (κ2) is 55.6. The molecule has 0 radical (unpaired) electrons. The number of ether oxygens (including phenoxy) is 3. The van der Waals surface area contributed by atoms with Gasteiger partial charge < -0.3 is 14.2 Å². The Morgan fingerprint density at radius 3 is 0.797 bits per heavy atom. The van der Waals surface area contributed by atoms with Crippen LogP contribution >= 0.6 is 0 Å². The topological polar surface area (TPSA) is 78.9 Å². The van der Waals surface area contributed by atoms with Crippen molar-refractivity contribution < 1.29 is 48.1 Å². The van der Waals surface area contributed by atoms with Gasteiger partial charge in [-0.2, -0.15) is 0 Å². The Balaban J connectivity index is 0. The van der Waals surface area contributed by atoms with Crippen LogP contribution in [0.5, 0.6) is 0 Å². The first-order valence-corrected chi connectivity index (χ1v) is 27.5. The third-order valence-corrected chi connectivity index (χ3v) is 12.1. The van der Waals surface area contributed by atoms with Gasteiger partial charge in [-0.3, -0.25) is 14.4 Å². The molecule has 64 heavy (non-hydrogen) atoms. The minimum absolute atomic E-state index is 0. The molecule has 0 bridgehead atoms. The van der Waals surface area contributed by atoms with E-state index in [1.165, 1.54) is 173 Å². The molecule has 0 rings (SSSR count). The molecule has 0 aliphatic heterocycles. The van der Waals surface area contributed by atoms with Crippen molar-refractivity contribution in [3.63, 3.8) is 0 Å². The van der Waals surface area contributed by atoms with Gasteiger partial charge in [-0.05, 0) is 96.3 Å². The van der Waals surface area contributed by atoms with Crippen LogP contribution in [-0.2, 0) is 48.1 Å². The zero-order valence-corrected chi connectivity index (χ0v) is 45.8. The van der Waals surface area contributed by atoms with E-state index in [1.54, 1.807) is 0 Å². The second-order valence-electron chi connectivity index (χ2n) is 18.5. The molecule has 0 unspecified atom stereocenters. The number of rotatable bonds is 50. The van der Waals surface area contributed by atoms with Crippen LogP contribution in [0.3, 0.4) is 0 Å². The second-order valence-corrected chi connectivity index (χ2v) is 18.5. The Labute approximate surface area is 410 Å². The van der Waals surface area contributed by atoms with Crippen molar-refractivity contribution in [2.45, 2.75) is 297 Å². The average molecular weight is 951 g/mol. The summed E-state index contributed by atoms with van der Waals surface area (Å²) < 4.78 is 16.8. The van der Waals surface area contributed by atoms with Crippen molar-refractivity contribution in [2.24, 2.45) is 0 Å². The van der Waals surface area contributed by atoms with Crippen LogP contribution in [0.15, 0.2) is 36.5 Å². The van der Waals surface area contributed by atoms with E-state index in [0.29, 0.717) is 19.3 Å². The number of hydrogen-bond donors (Lipinski definition) is 0. The van der Waals surface area contributed by atoms with E-state index in [-0.39, 0.29) is 50.6 Å². The molecule has 0 atom stereocenters. The summed E-state index contributed by atoms with van der Waals surface area (Å²) in [5.74, 6) is -0.893. The van der Waals surface area contributed by atoms with Gasteiger partial charge in [0, 0.05) is 38.7 Å². The van der Waals surface area contributed by atoms with Gasteiger partial charge in [0.05, 0.1) is 0 Å². The first-order valence-electron chi connectivity index (χ1n) is 27.5. The fraction of sp³-hybridized carbons (Fsp3) is 0.842. The van der Waals surface area contributed by atoms with Crippen molar-refractivity contribution in [2.75, 3.05) is 13.2 Å². The zero-order chi connectivity index (χ0) is 45.8. The van der Waals surface area contributed by atoms with Crippen molar-refractivity contribution in [3.05, 3.63) is 36.5 Å². The summed E-state index contributed by atoms with van der Waals surface area (Å²) in [6.07, 6.45) is 61.2. The number of unbranched alkanes of at least 4 members (excludes halogenated alkanes) is 33. The van der Waals surface area contributed by atoms with Gasteiger partial charge in [-0.1, -0.05) is 211 Å². The Bertz CT molecular complexity index is 1010. The number of hydrogen-bond acceptors (Lipinski definition) is 6. The quantitative estimate of drug-likeness (QED) is 0.0199. The summed E-state index contributed by atoms with van der Waals surface area (Å²) in [7, 11) is 0.